The van der Waals surface area contributed by atoms with Crippen molar-refractivity contribution in [2.24, 2.45) is 0 Å². The Kier molecular flexibility index (Phi) is 3.89. The van der Waals surface area contributed by atoms with E-state index in [9.17, 15) is 0 Å². The Morgan fingerprint density at radius 1 is 1.53 bits per heavy atom. The molecule has 1 spiro atoms. The normalized spacial score (nSPS) is 27.2. The van der Waals surface area contributed by atoms with Crippen LogP contribution in [0.4, 0.5) is 0 Å². The molecular weight excluding hydrogens is 260 g/mol. The largest absolute Gasteiger partial charge is 0.379 e. The van der Waals surface area contributed by atoms with Gasteiger partial charge in [0, 0.05) is 38.0 Å². The van der Waals surface area contributed by atoms with Gasteiger partial charge in [0.05, 0.1) is 29.5 Å². The van der Waals surface area contributed by atoms with E-state index in [0.29, 0.717) is 6.10 Å². The molecule has 0 amide bonds. The second-order valence-electron chi connectivity index (χ2n) is 5.69. The van der Waals surface area contributed by atoms with Crippen molar-refractivity contribution in [1.29, 1.82) is 0 Å². The Hall–Kier alpha value is -0.490. The molecule has 0 bridgehead atoms. The van der Waals surface area contributed by atoms with E-state index in [4.69, 9.17) is 9.47 Å². The second-order valence-corrected chi connectivity index (χ2v) is 6.63. The minimum absolute atomic E-state index is 0.0971. The third kappa shape index (κ3) is 2.84. The lowest BCUT2D eigenvalue weighted by atomic mass is 9.88. The van der Waals surface area contributed by atoms with Crippen LogP contribution in [0.3, 0.4) is 0 Å². The fourth-order valence-corrected chi connectivity index (χ4v) is 3.92. The fraction of sp³-hybridized carbons (Fsp3) is 0.786. The van der Waals surface area contributed by atoms with E-state index in [2.05, 4.69) is 16.8 Å². The first kappa shape index (κ1) is 13.5. The van der Waals surface area contributed by atoms with Gasteiger partial charge in [0.2, 0.25) is 0 Å². The van der Waals surface area contributed by atoms with Crippen LogP contribution < -0.4 is 0 Å². The molecule has 2 aliphatic heterocycles. The monoisotopic (exact) mass is 282 g/mol. The summed E-state index contributed by atoms with van der Waals surface area (Å²) in [5.41, 5.74) is 3.22. The van der Waals surface area contributed by atoms with Gasteiger partial charge in [-0.2, -0.15) is 0 Å². The van der Waals surface area contributed by atoms with Gasteiger partial charge in [0.1, 0.15) is 0 Å². The number of hydrogen-bond acceptors (Lipinski definition) is 5. The van der Waals surface area contributed by atoms with Gasteiger partial charge in [-0.25, -0.2) is 4.98 Å². The summed E-state index contributed by atoms with van der Waals surface area (Å²) in [6.45, 7) is 6.15. The average molecular weight is 282 g/mol. The number of nitrogens with zero attached hydrogens (tertiary/aromatic N) is 2. The van der Waals surface area contributed by atoms with Gasteiger partial charge in [-0.1, -0.05) is 0 Å². The molecule has 5 heteroatoms. The van der Waals surface area contributed by atoms with Gasteiger partial charge < -0.3 is 9.47 Å². The lowest BCUT2D eigenvalue weighted by Crippen LogP contribution is -2.43. The lowest BCUT2D eigenvalue weighted by molar-refractivity contribution is -0.0459. The highest BCUT2D eigenvalue weighted by molar-refractivity contribution is 7.09. The summed E-state index contributed by atoms with van der Waals surface area (Å²) >= 11 is 1.77. The number of thiazole rings is 1. The molecule has 0 radical (unpaired) electrons. The number of piperidine rings is 1. The van der Waals surface area contributed by atoms with Crippen molar-refractivity contribution in [2.75, 3.05) is 26.8 Å². The Balaban J connectivity index is 1.54. The van der Waals surface area contributed by atoms with Gasteiger partial charge in [-0.3, -0.25) is 4.90 Å². The van der Waals surface area contributed by atoms with Crippen LogP contribution in [0.2, 0.25) is 0 Å². The molecule has 2 aliphatic rings. The average Bonchev–Trinajstić information content (AvgIpc) is 3.01. The van der Waals surface area contributed by atoms with Gasteiger partial charge >= 0.3 is 0 Å². The van der Waals surface area contributed by atoms with Crippen LogP contribution in [0, 0.1) is 6.92 Å². The van der Waals surface area contributed by atoms with Gasteiger partial charge in [-0.05, 0) is 19.8 Å². The Labute approximate surface area is 118 Å². The summed E-state index contributed by atoms with van der Waals surface area (Å²) in [6.07, 6.45) is 3.63. The summed E-state index contributed by atoms with van der Waals surface area (Å²) in [5.74, 6) is 0. The van der Waals surface area contributed by atoms with Crippen molar-refractivity contribution in [3.8, 4) is 0 Å². The van der Waals surface area contributed by atoms with Crippen molar-refractivity contribution in [3.63, 3.8) is 0 Å². The van der Waals surface area contributed by atoms with Crippen LogP contribution >= 0.6 is 11.3 Å². The minimum atomic E-state index is 0.0971. The number of methoxy groups -OCH3 is 1. The third-order valence-corrected chi connectivity index (χ3v) is 5.41. The molecule has 2 fully saturated rings. The van der Waals surface area contributed by atoms with E-state index >= 15 is 0 Å². The smallest absolute Gasteiger partial charge is 0.0832 e. The summed E-state index contributed by atoms with van der Waals surface area (Å²) < 4.78 is 11.5. The van der Waals surface area contributed by atoms with Gasteiger partial charge in [0.25, 0.3) is 0 Å². The van der Waals surface area contributed by atoms with Crippen molar-refractivity contribution in [3.05, 3.63) is 16.1 Å². The second kappa shape index (κ2) is 5.48. The summed E-state index contributed by atoms with van der Waals surface area (Å²) in [7, 11) is 1.79. The van der Waals surface area contributed by atoms with E-state index in [0.717, 1.165) is 45.5 Å². The zero-order valence-corrected chi connectivity index (χ0v) is 12.5. The maximum atomic E-state index is 6.03. The number of likely N-dealkylation sites (tertiary alicyclic amines) is 1. The highest BCUT2D eigenvalue weighted by atomic mass is 32.1. The number of hydrogen-bond donors (Lipinski definition) is 0. The molecule has 0 aliphatic carbocycles. The topological polar surface area (TPSA) is 34.6 Å². The maximum absolute atomic E-state index is 6.03. The van der Waals surface area contributed by atoms with Crippen LogP contribution in [0.1, 0.15) is 29.8 Å². The SMILES string of the molecule is CO[C@H]1COC2(CCN(Cc3scnc3C)CC2)C1. The molecule has 1 atom stereocenters. The zero-order chi connectivity index (χ0) is 13.3. The van der Waals surface area contributed by atoms with E-state index in [1.807, 2.05) is 5.51 Å². The standard InChI is InChI=1S/C14H22N2O2S/c1-11-13(19-10-15-11)8-16-5-3-14(4-6-16)7-12(17-2)9-18-14/h10,12H,3-9H2,1-2H3/t12-/m1/s1. The minimum Gasteiger partial charge on any atom is -0.379 e. The molecular formula is C14H22N2O2S. The van der Waals surface area contributed by atoms with Crippen LogP contribution in [0.25, 0.3) is 0 Å². The Bertz CT molecular complexity index is 427. The molecule has 19 heavy (non-hydrogen) atoms. The predicted octanol–water partition coefficient (Wildman–Crippen LogP) is 2.22. The van der Waals surface area contributed by atoms with Crippen LogP contribution in [-0.4, -0.2) is 48.4 Å². The molecule has 0 unspecified atom stereocenters. The van der Waals surface area contributed by atoms with Crippen molar-refractivity contribution in [1.82, 2.24) is 9.88 Å². The fourth-order valence-electron chi connectivity index (χ4n) is 3.10. The van der Waals surface area contributed by atoms with Crippen LogP contribution in [0.15, 0.2) is 5.51 Å². The number of aromatic nitrogens is 1. The molecule has 3 heterocycles. The molecule has 4 nitrogen and oxygen atoms in total. The third-order valence-electron chi connectivity index (χ3n) is 4.49. The van der Waals surface area contributed by atoms with Crippen LogP contribution in [-0.2, 0) is 16.0 Å². The zero-order valence-electron chi connectivity index (χ0n) is 11.7. The summed E-state index contributed by atoms with van der Waals surface area (Å²) in [6, 6.07) is 0. The summed E-state index contributed by atoms with van der Waals surface area (Å²) in [4.78, 5) is 8.25. The predicted molar refractivity (Wildman–Crippen MR) is 75.5 cm³/mol. The van der Waals surface area contributed by atoms with Crippen molar-refractivity contribution < 1.29 is 9.47 Å². The molecule has 0 N–H and O–H groups in total. The van der Waals surface area contributed by atoms with Gasteiger partial charge in [-0.15, -0.1) is 11.3 Å². The first-order valence-corrected chi connectivity index (χ1v) is 7.87. The van der Waals surface area contributed by atoms with E-state index in [-0.39, 0.29) is 5.60 Å². The molecule has 2 saturated heterocycles. The maximum Gasteiger partial charge on any atom is 0.0832 e. The van der Waals surface area contributed by atoms with E-state index in [1.54, 1.807) is 18.4 Å². The van der Waals surface area contributed by atoms with Crippen molar-refractivity contribution >= 4 is 11.3 Å². The lowest BCUT2D eigenvalue weighted by Gasteiger charge is -2.38. The Morgan fingerprint density at radius 3 is 2.89 bits per heavy atom. The highest BCUT2D eigenvalue weighted by Crippen LogP contribution is 2.37. The summed E-state index contributed by atoms with van der Waals surface area (Å²) in [5, 5.41) is 0. The number of aryl methyl sites for hydroxylation is 1. The quantitative estimate of drug-likeness (QED) is 0.851. The first-order valence-electron chi connectivity index (χ1n) is 6.99. The molecule has 106 valence electrons. The molecule has 1 aromatic heterocycles. The molecule has 0 aromatic carbocycles. The molecule has 1 aromatic rings. The van der Waals surface area contributed by atoms with Crippen LogP contribution in [0.5, 0.6) is 0 Å². The number of ether oxygens (including phenoxy) is 2. The van der Waals surface area contributed by atoms with Crippen molar-refractivity contribution in [2.45, 2.75) is 44.4 Å². The molecule has 0 saturated carbocycles. The molecule has 3 rings (SSSR count). The first-order chi connectivity index (χ1) is 9.21. The van der Waals surface area contributed by atoms with E-state index in [1.165, 1.54) is 10.6 Å². The number of rotatable bonds is 3. The highest BCUT2D eigenvalue weighted by Gasteiger charge is 2.42. The van der Waals surface area contributed by atoms with Gasteiger partial charge in [0.15, 0.2) is 0 Å². The Morgan fingerprint density at radius 2 is 2.32 bits per heavy atom. The van der Waals surface area contributed by atoms with E-state index < -0.39 is 0 Å².